The Morgan fingerprint density at radius 3 is 0.759 bits per heavy atom. The van der Waals surface area contributed by atoms with Crippen molar-refractivity contribution in [2.24, 2.45) is 0 Å². The van der Waals surface area contributed by atoms with E-state index in [4.69, 9.17) is 0 Å². The maximum absolute atomic E-state index is 12.8. The molecule has 2 radical (unpaired) electrons. The lowest BCUT2D eigenvalue weighted by Gasteiger charge is -2.16. The van der Waals surface area contributed by atoms with Crippen LogP contribution in [-0.4, -0.2) is 0 Å². The van der Waals surface area contributed by atoms with Crippen LogP contribution < -0.4 is 0 Å². The molecule has 29 heavy (non-hydrogen) atoms. The minimum absolute atomic E-state index is 0.128. The highest BCUT2D eigenvalue weighted by molar-refractivity contribution is 5.46. The van der Waals surface area contributed by atoms with Crippen molar-refractivity contribution < 1.29 is 52.7 Å². The van der Waals surface area contributed by atoms with Crippen molar-refractivity contribution in [2.75, 3.05) is 0 Å². The highest BCUT2D eigenvalue weighted by Gasteiger charge is 2.38. The Hall–Kier alpha value is -2.40. The third-order valence-electron chi connectivity index (χ3n) is 3.46. The van der Waals surface area contributed by atoms with Crippen molar-refractivity contribution in [1.29, 1.82) is 0 Å². The first kappa shape index (κ1) is 22.9. The third-order valence-corrected chi connectivity index (χ3v) is 3.46. The van der Waals surface area contributed by atoms with E-state index in [0.717, 1.165) is 0 Å². The Kier molecular flexibility index (Phi) is 5.63. The molecule has 0 atom stereocenters. The Morgan fingerprint density at radius 2 is 0.586 bits per heavy atom. The predicted molar refractivity (Wildman–Crippen MR) is 74.3 cm³/mol. The van der Waals surface area contributed by atoms with Gasteiger partial charge in [-0.05, 0) is 47.5 Å². The van der Waals surface area contributed by atoms with Crippen LogP contribution in [0.2, 0.25) is 0 Å². The fraction of sp³-hybridized carbons (Fsp3) is 0.235. The van der Waals surface area contributed by atoms with Gasteiger partial charge in [-0.1, -0.05) is 0 Å². The maximum Gasteiger partial charge on any atom is 0.416 e. The van der Waals surface area contributed by atoms with E-state index in [9.17, 15) is 52.7 Å². The van der Waals surface area contributed by atoms with Crippen LogP contribution in [0.15, 0.2) is 36.4 Å². The van der Waals surface area contributed by atoms with E-state index in [2.05, 4.69) is 0 Å². The lowest BCUT2D eigenvalue weighted by Crippen LogP contribution is -2.13. The third kappa shape index (κ3) is 5.80. The number of rotatable bonds is 2. The zero-order valence-corrected chi connectivity index (χ0v) is 13.5. The fourth-order valence-corrected chi connectivity index (χ4v) is 2.22. The second-order valence-electron chi connectivity index (χ2n) is 5.71. The number of halogens is 12. The molecule has 0 fully saturated rings. The molecule has 0 N–H and O–H groups in total. The minimum atomic E-state index is -5.25. The van der Waals surface area contributed by atoms with Crippen LogP contribution in [0, 0.1) is 6.42 Å². The van der Waals surface area contributed by atoms with Crippen molar-refractivity contribution in [3.8, 4) is 0 Å². The lowest BCUT2D eigenvalue weighted by atomic mass is 9.96. The van der Waals surface area contributed by atoms with E-state index in [1.807, 2.05) is 0 Å². The smallest absolute Gasteiger partial charge is 0.166 e. The van der Waals surface area contributed by atoms with Gasteiger partial charge in [0.15, 0.2) is 0 Å². The molecule has 0 aliphatic carbocycles. The first-order chi connectivity index (χ1) is 12.9. The molecule has 0 saturated heterocycles. The predicted octanol–water partition coefficient (Wildman–Crippen LogP) is 7.24. The highest BCUT2D eigenvalue weighted by atomic mass is 19.4. The van der Waals surface area contributed by atoms with Crippen LogP contribution in [0.4, 0.5) is 52.7 Å². The second kappa shape index (κ2) is 7.13. The summed E-state index contributed by atoms with van der Waals surface area (Å²) in [6.45, 7) is 0. The molecule has 2 rings (SSSR count). The Bertz CT molecular complexity index is 743. The largest absolute Gasteiger partial charge is 0.416 e. The van der Waals surface area contributed by atoms with Crippen molar-refractivity contribution in [3.63, 3.8) is 0 Å². The molecule has 2 aromatic rings. The summed E-state index contributed by atoms with van der Waals surface area (Å²) in [5.74, 6) is 0. The Labute approximate surface area is 154 Å². The van der Waals surface area contributed by atoms with Gasteiger partial charge in [0.25, 0.3) is 0 Å². The Morgan fingerprint density at radius 1 is 0.379 bits per heavy atom. The zero-order valence-electron chi connectivity index (χ0n) is 13.5. The van der Waals surface area contributed by atoms with Crippen molar-refractivity contribution in [1.82, 2.24) is 0 Å². The van der Waals surface area contributed by atoms with Crippen molar-refractivity contribution in [3.05, 3.63) is 76.2 Å². The summed E-state index contributed by atoms with van der Waals surface area (Å²) in [7, 11) is 0. The average molecular weight is 438 g/mol. The van der Waals surface area contributed by atoms with Gasteiger partial charge in [-0.3, -0.25) is 0 Å². The summed E-state index contributed by atoms with van der Waals surface area (Å²) in [6, 6.07) is 0.0357. The fourth-order valence-electron chi connectivity index (χ4n) is 2.22. The molecule has 0 aliphatic heterocycles. The van der Waals surface area contributed by atoms with Crippen LogP contribution in [0.1, 0.15) is 33.4 Å². The summed E-state index contributed by atoms with van der Waals surface area (Å²) in [5.41, 5.74) is -9.18. The van der Waals surface area contributed by atoms with Gasteiger partial charge < -0.3 is 0 Å². The topological polar surface area (TPSA) is 0 Å². The lowest BCUT2D eigenvalue weighted by molar-refractivity contribution is -0.144. The van der Waals surface area contributed by atoms with Crippen LogP contribution in [0.5, 0.6) is 0 Å². The van der Waals surface area contributed by atoms with Gasteiger partial charge in [-0.2, -0.15) is 52.7 Å². The summed E-state index contributed by atoms with van der Waals surface area (Å²) >= 11 is 0. The SMILES string of the molecule is FC(F)(F)c1cc([C]c2cc(C(F)(F)F)cc(C(F)(F)F)c2)cc(C(F)(F)F)c1. The molecule has 0 heterocycles. The van der Waals surface area contributed by atoms with Gasteiger partial charge in [-0.25, -0.2) is 0 Å². The van der Waals surface area contributed by atoms with Gasteiger partial charge >= 0.3 is 24.7 Å². The molecule has 158 valence electrons. The molecule has 0 aliphatic rings. The van der Waals surface area contributed by atoms with Gasteiger partial charge in [0.1, 0.15) is 0 Å². The normalized spacial score (nSPS) is 13.7. The molecule has 0 bridgehead atoms. The molecule has 2 aromatic carbocycles. The number of benzene rings is 2. The number of hydrogen-bond acceptors (Lipinski definition) is 0. The summed E-state index contributed by atoms with van der Waals surface area (Å²) < 4.78 is 154. The number of alkyl halides is 12. The van der Waals surface area contributed by atoms with Gasteiger partial charge in [0.05, 0.1) is 28.7 Å². The van der Waals surface area contributed by atoms with Crippen molar-refractivity contribution in [2.45, 2.75) is 24.7 Å². The van der Waals surface area contributed by atoms with E-state index in [1.54, 1.807) is 6.42 Å². The second-order valence-corrected chi connectivity index (χ2v) is 5.71. The van der Waals surface area contributed by atoms with Crippen LogP contribution in [-0.2, 0) is 24.7 Å². The highest BCUT2D eigenvalue weighted by Crippen LogP contribution is 2.39. The molecular formula is C17H6F12. The van der Waals surface area contributed by atoms with E-state index < -0.39 is 58.1 Å². The van der Waals surface area contributed by atoms with E-state index >= 15 is 0 Å². The summed E-state index contributed by atoms with van der Waals surface area (Å²) in [6.07, 6.45) is -19.2. The standard InChI is InChI=1S/C17H6F12/c18-14(19,20)10-2-8(3-11(6-10)15(21,22)23)1-9-4-12(16(24,25)26)7-13(5-9)17(27,28)29/h2-7H. The summed E-state index contributed by atoms with van der Waals surface area (Å²) in [5, 5.41) is 0. The molecular weight excluding hydrogens is 432 g/mol. The molecule has 0 spiro atoms. The molecule has 0 nitrogen and oxygen atoms in total. The van der Waals surface area contributed by atoms with Gasteiger partial charge in [0.2, 0.25) is 0 Å². The van der Waals surface area contributed by atoms with Crippen LogP contribution in [0.3, 0.4) is 0 Å². The van der Waals surface area contributed by atoms with Crippen LogP contribution >= 0.6 is 0 Å². The first-order valence-corrected chi connectivity index (χ1v) is 7.23. The number of hydrogen-bond donors (Lipinski definition) is 0. The molecule has 0 aromatic heterocycles. The van der Waals surface area contributed by atoms with Gasteiger partial charge in [0, 0.05) is 0 Å². The van der Waals surface area contributed by atoms with E-state index in [1.165, 1.54) is 0 Å². The van der Waals surface area contributed by atoms with E-state index in [-0.39, 0.29) is 36.4 Å². The molecule has 12 heteroatoms. The van der Waals surface area contributed by atoms with E-state index in [0.29, 0.717) is 0 Å². The summed E-state index contributed by atoms with van der Waals surface area (Å²) in [4.78, 5) is 0. The zero-order chi connectivity index (χ0) is 22.4. The van der Waals surface area contributed by atoms with Crippen molar-refractivity contribution >= 4 is 0 Å². The molecule has 0 amide bonds. The molecule has 0 unspecified atom stereocenters. The average Bonchev–Trinajstić information content (AvgIpc) is 2.51. The monoisotopic (exact) mass is 438 g/mol. The van der Waals surface area contributed by atoms with Crippen LogP contribution in [0.25, 0.3) is 0 Å². The first-order valence-electron chi connectivity index (χ1n) is 7.23. The minimum Gasteiger partial charge on any atom is -0.166 e. The molecule has 0 saturated carbocycles. The maximum atomic E-state index is 12.8. The van der Waals surface area contributed by atoms with Gasteiger partial charge in [-0.15, -0.1) is 0 Å². The Balaban J connectivity index is 2.61. The quantitative estimate of drug-likeness (QED) is 0.434.